The summed E-state index contributed by atoms with van der Waals surface area (Å²) in [6, 6.07) is 0. The van der Waals surface area contributed by atoms with Crippen LogP contribution in [0.4, 0.5) is 0 Å². The molecule has 23 heavy (non-hydrogen) atoms. The third-order valence-electron chi connectivity index (χ3n) is 7.35. The summed E-state index contributed by atoms with van der Waals surface area (Å²) < 4.78 is 6.24. The predicted octanol–water partition coefficient (Wildman–Crippen LogP) is 0.601. The van der Waals surface area contributed by atoms with E-state index in [1.165, 1.54) is 0 Å². The van der Waals surface area contributed by atoms with Crippen molar-refractivity contribution in [1.29, 1.82) is 0 Å². The quantitative estimate of drug-likeness (QED) is 0.490. The summed E-state index contributed by atoms with van der Waals surface area (Å²) in [7, 11) is 0. The molecule has 2 saturated carbocycles. The zero-order valence-corrected chi connectivity index (χ0v) is 13.9. The van der Waals surface area contributed by atoms with Gasteiger partial charge in [-0.15, -0.1) is 0 Å². The molecule has 9 atom stereocenters. The smallest absolute Gasteiger partial charge is 0.0877 e. The number of hydrogen-bond donors (Lipinski definition) is 4. The topological polar surface area (TPSA) is 90.2 Å². The van der Waals surface area contributed by atoms with E-state index in [-0.39, 0.29) is 29.5 Å². The molecular formula is C18H28O5. The zero-order chi connectivity index (χ0) is 16.6. The Morgan fingerprint density at radius 1 is 1.17 bits per heavy atom. The van der Waals surface area contributed by atoms with Gasteiger partial charge in [-0.25, -0.2) is 0 Å². The summed E-state index contributed by atoms with van der Waals surface area (Å²) >= 11 is 0. The second-order valence-electron chi connectivity index (χ2n) is 8.67. The Morgan fingerprint density at radius 3 is 2.65 bits per heavy atom. The average Bonchev–Trinajstić information content (AvgIpc) is 2.73. The highest BCUT2D eigenvalue weighted by Gasteiger charge is 2.63. The fraction of sp³-hybridized carbons (Fsp3) is 0.889. The van der Waals surface area contributed by atoms with Crippen LogP contribution in [-0.4, -0.2) is 57.6 Å². The largest absolute Gasteiger partial charge is 0.393 e. The van der Waals surface area contributed by atoms with Crippen LogP contribution in [0.25, 0.3) is 0 Å². The van der Waals surface area contributed by atoms with Crippen LogP contribution in [0.2, 0.25) is 0 Å². The molecule has 4 rings (SSSR count). The molecule has 130 valence electrons. The first-order chi connectivity index (χ1) is 10.8. The molecule has 5 nitrogen and oxygen atoms in total. The lowest BCUT2D eigenvalue weighted by atomic mass is 9.54. The fourth-order valence-corrected chi connectivity index (χ4v) is 5.84. The van der Waals surface area contributed by atoms with Gasteiger partial charge in [0.2, 0.25) is 0 Å². The van der Waals surface area contributed by atoms with Crippen molar-refractivity contribution >= 4 is 0 Å². The van der Waals surface area contributed by atoms with Crippen LogP contribution in [0.5, 0.6) is 0 Å². The van der Waals surface area contributed by atoms with E-state index in [0.29, 0.717) is 19.4 Å². The molecule has 1 heterocycles. The first kappa shape index (κ1) is 16.0. The SMILES string of the molecule is C[C@]12CC[C@H](O)CC1=CC(O)C1C2OC[C@@]2(C)C1C[C@@H](O)[C@@H]2O. The molecule has 4 N–H and O–H groups in total. The fourth-order valence-electron chi connectivity index (χ4n) is 5.84. The first-order valence-corrected chi connectivity index (χ1v) is 8.82. The van der Waals surface area contributed by atoms with Gasteiger partial charge < -0.3 is 25.2 Å². The average molecular weight is 324 g/mol. The Balaban J connectivity index is 1.73. The minimum Gasteiger partial charge on any atom is -0.393 e. The van der Waals surface area contributed by atoms with E-state index < -0.39 is 23.7 Å². The van der Waals surface area contributed by atoms with Crippen LogP contribution >= 0.6 is 0 Å². The van der Waals surface area contributed by atoms with Gasteiger partial charge in [0.1, 0.15) is 0 Å². The number of aliphatic hydroxyl groups is 4. The third-order valence-corrected chi connectivity index (χ3v) is 7.35. The second kappa shape index (κ2) is 5.02. The molecule has 0 aromatic rings. The maximum atomic E-state index is 10.8. The van der Waals surface area contributed by atoms with E-state index in [0.717, 1.165) is 18.4 Å². The van der Waals surface area contributed by atoms with Gasteiger partial charge in [-0.05, 0) is 31.6 Å². The Morgan fingerprint density at radius 2 is 1.91 bits per heavy atom. The summed E-state index contributed by atoms with van der Waals surface area (Å²) in [5.41, 5.74) is 0.438. The minimum absolute atomic E-state index is 0.0442. The molecule has 0 spiro atoms. The molecule has 1 saturated heterocycles. The molecule has 0 radical (unpaired) electrons. The van der Waals surface area contributed by atoms with Crippen LogP contribution in [-0.2, 0) is 4.74 Å². The first-order valence-electron chi connectivity index (χ1n) is 8.82. The predicted molar refractivity (Wildman–Crippen MR) is 83.5 cm³/mol. The standard InChI is InChI=1S/C18H28O5/c1-17-4-3-10(19)5-9(17)6-12(20)14-11-7-13(21)15(22)18(11,2)8-23-16(14)17/h6,10-16,19-22H,3-5,7-8H2,1-2H3/t10-,11?,12?,13+,14?,15-,16?,17-,18-/m0/s1. The molecule has 0 aromatic heterocycles. The van der Waals surface area contributed by atoms with Gasteiger partial charge in [0.15, 0.2) is 0 Å². The molecular weight excluding hydrogens is 296 g/mol. The summed E-state index contributed by atoms with van der Waals surface area (Å²) in [6.45, 7) is 4.56. The second-order valence-corrected chi connectivity index (χ2v) is 8.67. The molecule has 0 bridgehead atoms. The molecule has 0 aromatic carbocycles. The third kappa shape index (κ3) is 2.04. The van der Waals surface area contributed by atoms with Crippen molar-refractivity contribution in [3.63, 3.8) is 0 Å². The van der Waals surface area contributed by atoms with Gasteiger partial charge in [-0.2, -0.15) is 0 Å². The monoisotopic (exact) mass is 324 g/mol. The van der Waals surface area contributed by atoms with Crippen molar-refractivity contribution < 1.29 is 25.2 Å². The zero-order valence-electron chi connectivity index (χ0n) is 13.9. The van der Waals surface area contributed by atoms with Crippen LogP contribution in [0.15, 0.2) is 11.6 Å². The Labute approximate surface area is 137 Å². The molecule has 1 aliphatic heterocycles. The van der Waals surface area contributed by atoms with Gasteiger partial charge >= 0.3 is 0 Å². The van der Waals surface area contributed by atoms with Crippen molar-refractivity contribution in [2.75, 3.05) is 6.61 Å². The lowest BCUT2D eigenvalue weighted by Gasteiger charge is -2.57. The maximum Gasteiger partial charge on any atom is 0.0877 e. The number of aliphatic hydroxyl groups excluding tert-OH is 4. The Bertz CT molecular complexity index is 534. The van der Waals surface area contributed by atoms with E-state index in [4.69, 9.17) is 4.74 Å². The van der Waals surface area contributed by atoms with E-state index >= 15 is 0 Å². The summed E-state index contributed by atoms with van der Waals surface area (Å²) in [5, 5.41) is 41.3. The van der Waals surface area contributed by atoms with Crippen LogP contribution in [0, 0.1) is 22.7 Å². The minimum atomic E-state index is -0.799. The Hall–Kier alpha value is -0.460. The van der Waals surface area contributed by atoms with E-state index in [2.05, 4.69) is 6.92 Å². The highest BCUT2D eigenvalue weighted by Crippen LogP contribution is 2.60. The molecule has 3 aliphatic carbocycles. The summed E-state index contributed by atoms with van der Waals surface area (Å²) in [6.07, 6.45) is 2.01. The van der Waals surface area contributed by atoms with Gasteiger partial charge in [0.25, 0.3) is 0 Å². The van der Waals surface area contributed by atoms with Crippen LogP contribution in [0.3, 0.4) is 0 Å². The van der Waals surface area contributed by atoms with Gasteiger partial charge in [-0.3, -0.25) is 0 Å². The number of rotatable bonds is 0. The molecule has 4 unspecified atom stereocenters. The van der Waals surface area contributed by atoms with Crippen molar-refractivity contribution in [3.8, 4) is 0 Å². The van der Waals surface area contributed by atoms with Crippen molar-refractivity contribution in [2.45, 2.75) is 70.1 Å². The lowest BCUT2D eigenvalue weighted by Crippen LogP contribution is -2.61. The van der Waals surface area contributed by atoms with Gasteiger partial charge in [-0.1, -0.05) is 25.5 Å². The molecule has 5 heteroatoms. The number of hydrogen-bond acceptors (Lipinski definition) is 5. The summed E-state index contributed by atoms with van der Waals surface area (Å²) in [4.78, 5) is 0. The van der Waals surface area contributed by atoms with Crippen LogP contribution < -0.4 is 0 Å². The highest BCUT2D eigenvalue weighted by molar-refractivity contribution is 5.29. The maximum absolute atomic E-state index is 10.8. The Kier molecular flexibility index (Phi) is 3.50. The lowest BCUT2D eigenvalue weighted by molar-refractivity contribution is -0.208. The van der Waals surface area contributed by atoms with E-state index in [1.54, 1.807) is 0 Å². The van der Waals surface area contributed by atoms with Crippen molar-refractivity contribution in [2.24, 2.45) is 22.7 Å². The number of ether oxygens (including phenoxy) is 1. The highest BCUT2D eigenvalue weighted by atomic mass is 16.5. The molecule has 0 amide bonds. The molecule has 4 aliphatic rings. The molecule has 3 fully saturated rings. The van der Waals surface area contributed by atoms with Crippen molar-refractivity contribution in [3.05, 3.63) is 11.6 Å². The van der Waals surface area contributed by atoms with E-state index in [1.807, 2.05) is 13.0 Å². The van der Waals surface area contributed by atoms with E-state index in [9.17, 15) is 20.4 Å². The number of fused-ring (bicyclic) bond motifs is 5. The normalized spacial score (nSPS) is 58.9. The van der Waals surface area contributed by atoms with Gasteiger partial charge in [0, 0.05) is 16.7 Å². The van der Waals surface area contributed by atoms with Crippen molar-refractivity contribution in [1.82, 2.24) is 0 Å². The van der Waals surface area contributed by atoms with Crippen LogP contribution in [0.1, 0.15) is 39.5 Å². The van der Waals surface area contributed by atoms with Gasteiger partial charge in [0.05, 0.1) is 37.1 Å². The summed E-state index contributed by atoms with van der Waals surface area (Å²) in [5.74, 6) is -0.0627.